The highest BCUT2D eigenvalue weighted by atomic mass is 32.2. The van der Waals surface area contributed by atoms with Gasteiger partial charge in [0.25, 0.3) is 0 Å². The highest BCUT2D eigenvalue weighted by Gasteiger charge is 2.15. The average molecular weight is 310 g/mol. The number of nitrogens with one attached hydrogen (secondary N) is 2. The minimum Gasteiger partial charge on any atom is -0.478 e. The molecule has 5 nitrogen and oxygen atoms in total. The monoisotopic (exact) mass is 310 g/mol. The Bertz CT molecular complexity index is 664. The van der Waals surface area contributed by atoms with Gasteiger partial charge in [0.05, 0.1) is 17.8 Å². The van der Waals surface area contributed by atoms with Crippen molar-refractivity contribution in [3.8, 4) is 0 Å². The number of carboxylic acid groups (broad SMARTS) is 1. The van der Waals surface area contributed by atoms with E-state index in [9.17, 15) is 14.7 Å². The molecule has 0 aliphatic carbocycles. The van der Waals surface area contributed by atoms with Gasteiger partial charge in [0.1, 0.15) is 0 Å². The molecular weight excluding hydrogens is 296 g/mol. The second-order valence-corrected chi connectivity index (χ2v) is 6.09. The van der Waals surface area contributed by atoms with E-state index in [-0.39, 0.29) is 10.4 Å². The lowest BCUT2D eigenvalue weighted by Gasteiger charge is -2.12. The molecule has 1 aromatic heterocycles. The summed E-state index contributed by atoms with van der Waals surface area (Å²) >= 11 is 2.58. The van der Waals surface area contributed by atoms with E-state index >= 15 is 0 Å². The summed E-state index contributed by atoms with van der Waals surface area (Å²) in [6, 6.07) is 5.35. The van der Waals surface area contributed by atoms with Gasteiger partial charge in [-0.2, -0.15) is 0 Å². The Balaban J connectivity index is 2.24. The number of anilines is 1. The largest absolute Gasteiger partial charge is 0.478 e. The van der Waals surface area contributed by atoms with Gasteiger partial charge in [0.15, 0.2) is 0 Å². The maximum absolute atomic E-state index is 11.4. The van der Waals surface area contributed by atoms with Gasteiger partial charge < -0.3 is 15.4 Å². The van der Waals surface area contributed by atoms with Gasteiger partial charge in [-0.25, -0.2) is 4.79 Å². The highest BCUT2D eigenvalue weighted by Crippen LogP contribution is 2.28. The molecule has 20 heavy (non-hydrogen) atoms. The highest BCUT2D eigenvalue weighted by molar-refractivity contribution is 7.99. The Morgan fingerprint density at radius 1 is 1.50 bits per heavy atom. The first kappa shape index (κ1) is 14.7. The molecule has 0 aliphatic heterocycles. The lowest BCUT2D eigenvalue weighted by molar-refractivity contribution is 0.0694. The quantitative estimate of drug-likeness (QED) is 0.715. The minimum absolute atomic E-state index is 0.115. The number of rotatable bonds is 6. The molecule has 1 heterocycles. The number of thioether (sulfide) groups is 1. The molecule has 2 aromatic rings. The van der Waals surface area contributed by atoms with Gasteiger partial charge in [-0.15, -0.1) is 11.8 Å². The van der Waals surface area contributed by atoms with Gasteiger partial charge in [0, 0.05) is 16.0 Å². The van der Waals surface area contributed by atoms with Crippen molar-refractivity contribution in [1.29, 1.82) is 0 Å². The molecule has 0 saturated heterocycles. The number of carboxylic acids is 1. The first-order valence-electron chi connectivity index (χ1n) is 6.01. The van der Waals surface area contributed by atoms with Gasteiger partial charge in [-0.1, -0.05) is 24.3 Å². The van der Waals surface area contributed by atoms with Crippen LogP contribution in [0.4, 0.5) is 5.69 Å². The first-order chi connectivity index (χ1) is 9.61. The van der Waals surface area contributed by atoms with Crippen LogP contribution in [0.25, 0.3) is 0 Å². The predicted octanol–water partition coefficient (Wildman–Crippen LogP) is 2.86. The molecular formula is C13H14N2O3S2. The molecule has 0 atom stereocenters. The zero-order valence-corrected chi connectivity index (χ0v) is 12.4. The van der Waals surface area contributed by atoms with Gasteiger partial charge in [0.2, 0.25) is 0 Å². The Hall–Kier alpha value is -1.73. The fourth-order valence-electron chi connectivity index (χ4n) is 1.77. The standard InChI is InChI=1S/C13H14N2O3S2/c1-2-19-10-5-3-4-9(11(10)12(16)17)14-6-8-7-20-13(18)15-8/h3-5,7,14H,2,6H2,1H3,(H,15,18)(H,16,17). The number of carbonyl (C=O) groups is 1. The first-order valence-corrected chi connectivity index (χ1v) is 7.88. The number of aromatic carboxylic acids is 1. The van der Waals surface area contributed by atoms with Crippen LogP contribution in [0.3, 0.4) is 0 Å². The lowest BCUT2D eigenvalue weighted by Crippen LogP contribution is -2.09. The number of H-pyrrole nitrogens is 1. The summed E-state index contributed by atoms with van der Waals surface area (Å²) in [5.41, 5.74) is 1.57. The molecule has 3 N–H and O–H groups in total. The number of thiazole rings is 1. The van der Waals surface area contributed by atoms with E-state index in [1.807, 2.05) is 13.0 Å². The summed E-state index contributed by atoms with van der Waals surface area (Å²) < 4.78 is 0. The van der Waals surface area contributed by atoms with Gasteiger partial charge >= 0.3 is 10.8 Å². The van der Waals surface area contributed by atoms with Crippen molar-refractivity contribution in [2.75, 3.05) is 11.1 Å². The lowest BCUT2D eigenvalue weighted by atomic mass is 10.1. The van der Waals surface area contributed by atoms with Crippen molar-refractivity contribution >= 4 is 34.8 Å². The average Bonchev–Trinajstić information content (AvgIpc) is 2.82. The summed E-state index contributed by atoms with van der Waals surface area (Å²) in [4.78, 5) is 25.8. The summed E-state index contributed by atoms with van der Waals surface area (Å²) in [6.45, 7) is 2.37. The number of hydrogen-bond acceptors (Lipinski definition) is 5. The van der Waals surface area contributed by atoms with Crippen molar-refractivity contribution < 1.29 is 9.90 Å². The molecule has 0 amide bonds. The summed E-state index contributed by atoms with van der Waals surface area (Å²) in [6.07, 6.45) is 0. The van der Waals surface area contributed by atoms with Gasteiger partial charge in [-0.3, -0.25) is 4.79 Å². The Labute approximate surface area is 124 Å². The second-order valence-electron chi connectivity index (χ2n) is 3.94. The number of benzene rings is 1. The van der Waals surface area contributed by atoms with Crippen molar-refractivity contribution in [3.05, 3.63) is 44.5 Å². The van der Waals surface area contributed by atoms with E-state index in [0.717, 1.165) is 27.7 Å². The summed E-state index contributed by atoms with van der Waals surface area (Å²) in [5.74, 6) is -0.149. The van der Waals surface area contributed by atoms with Crippen molar-refractivity contribution in [1.82, 2.24) is 4.98 Å². The topological polar surface area (TPSA) is 82.2 Å². The van der Waals surface area contributed by atoms with Gasteiger partial charge in [-0.05, 0) is 17.9 Å². The number of aromatic nitrogens is 1. The Kier molecular flexibility index (Phi) is 4.86. The third kappa shape index (κ3) is 3.43. The molecule has 7 heteroatoms. The minimum atomic E-state index is -0.956. The molecule has 1 aromatic carbocycles. The van der Waals surface area contributed by atoms with E-state index < -0.39 is 5.97 Å². The molecule has 0 unspecified atom stereocenters. The fourth-order valence-corrected chi connectivity index (χ4v) is 3.17. The third-order valence-electron chi connectivity index (χ3n) is 2.58. The van der Waals surface area contributed by atoms with Crippen LogP contribution in [0.1, 0.15) is 23.0 Å². The molecule has 0 radical (unpaired) electrons. The van der Waals surface area contributed by atoms with Crippen LogP contribution in [0.15, 0.2) is 33.3 Å². The van der Waals surface area contributed by atoms with Crippen LogP contribution in [0, 0.1) is 0 Å². The van der Waals surface area contributed by atoms with Crippen molar-refractivity contribution in [3.63, 3.8) is 0 Å². The molecule has 0 bridgehead atoms. The summed E-state index contributed by atoms with van der Waals surface area (Å²) in [7, 11) is 0. The SMILES string of the molecule is CCSc1cccc(NCc2csc(=O)[nH]2)c1C(=O)O. The maximum Gasteiger partial charge on any atom is 0.338 e. The number of aromatic amines is 1. The molecule has 0 aliphatic rings. The molecule has 0 fully saturated rings. The second kappa shape index (κ2) is 6.62. The predicted molar refractivity (Wildman–Crippen MR) is 82.1 cm³/mol. The fraction of sp³-hybridized carbons (Fsp3) is 0.231. The van der Waals surface area contributed by atoms with Crippen LogP contribution in [0.2, 0.25) is 0 Å². The third-order valence-corrected chi connectivity index (χ3v) is 4.24. The van der Waals surface area contributed by atoms with Crippen molar-refractivity contribution in [2.24, 2.45) is 0 Å². The maximum atomic E-state index is 11.4. The van der Waals surface area contributed by atoms with Crippen molar-refractivity contribution in [2.45, 2.75) is 18.4 Å². The van der Waals surface area contributed by atoms with E-state index in [1.54, 1.807) is 17.5 Å². The molecule has 106 valence electrons. The zero-order valence-electron chi connectivity index (χ0n) is 10.8. The van der Waals surface area contributed by atoms with Crippen LogP contribution in [0.5, 0.6) is 0 Å². The smallest absolute Gasteiger partial charge is 0.338 e. The van der Waals surface area contributed by atoms with Crippen LogP contribution < -0.4 is 10.2 Å². The normalized spacial score (nSPS) is 10.4. The Morgan fingerprint density at radius 2 is 2.30 bits per heavy atom. The zero-order chi connectivity index (χ0) is 14.5. The van der Waals surface area contributed by atoms with E-state index in [0.29, 0.717) is 12.2 Å². The Morgan fingerprint density at radius 3 is 2.90 bits per heavy atom. The van der Waals surface area contributed by atoms with E-state index in [2.05, 4.69) is 10.3 Å². The molecule has 2 rings (SSSR count). The van der Waals surface area contributed by atoms with Crippen LogP contribution >= 0.6 is 23.1 Å². The molecule has 0 saturated carbocycles. The van der Waals surface area contributed by atoms with E-state index in [1.165, 1.54) is 11.8 Å². The van der Waals surface area contributed by atoms with Crippen LogP contribution in [-0.2, 0) is 6.54 Å². The number of hydrogen-bond donors (Lipinski definition) is 3. The van der Waals surface area contributed by atoms with Crippen LogP contribution in [-0.4, -0.2) is 21.8 Å². The van der Waals surface area contributed by atoms with E-state index in [4.69, 9.17) is 0 Å². The molecule has 0 spiro atoms. The summed E-state index contributed by atoms with van der Waals surface area (Å²) in [5, 5.41) is 14.2.